The van der Waals surface area contributed by atoms with Crippen molar-refractivity contribution >= 4 is 13.2 Å². The van der Waals surface area contributed by atoms with E-state index >= 15 is 0 Å². The standard InChI is InChI=1S/C17H20BFO3/c1-16(2)17(3,4)22-18(21-16)15(19)12-14-9-6-5-8-13(14)10-7-11-20/h5-6,8-9,12,20H,11H2,1-4H3. The van der Waals surface area contributed by atoms with Crippen molar-refractivity contribution in [1.29, 1.82) is 0 Å². The Kier molecular flexibility index (Phi) is 4.76. The molecule has 0 bridgehead atoms. The monoisotopic (exact) mass is 302 g/mol. The molecule has 1 heterocycles. The van der Waals surface area contributed by atoms with Crippen LogP contribution in [-0.4, -0.2) is 30.0 Å². The van der Waals surface area contributed by atoms with Gasteiger partial charge >= 0.3 is 7.12 Å². The largest absolute Gasteiger partial charge is 0.525 e. The lowest BCUT2D eigenvalue weighted by Crippen LogP contribution is -2.41. The molecule has 1 saturated heterocycles. The number of hydrogen-bond donors (Lipinski definition) is 1. The minimum atomic E-state index is -1.02. The number of aliphatic hydroxyl groups is 1. The molecule has 1 N–H and O–H groups in total. The Morgan fingerprint density at radius 3 is 2.41 bits per heavy atom. The lowest BCUT2D eigenvalue weighted by Gasteiger charge is -2.32. The van der Waals surface area contributed by atoms with Crippen LogP contribution in [0.4, 0.5) is 4.39 Å². The van der Waals surface area contributed by atoms with E-state index in [1.807, 2.05) is 33.8 Å². The number of aliphatic hydroxyl groups excluding tert-OH is 1. The Bertz CT molecular complexity index is 625. The second kappa shape index (κ2) is 6.25. The highest BCUT2D eigenvalue weighted by atomic mass is 19.1. The van der Waals surface area contributed by atoms with Gasteiger partial charge in [-0.05, 0) is 45.4 Å². The van der Waals surface area contributed by atoms with E-state index in [1.54, 1.807) is 18.2 Å². The molecule has 0 amide bonds. The normalized spacial score (nSPS) is 19.7. The SMILES string of the molecule is CC1(C)OB(C(F)=Cc2ccccc2C#CCO)OC1(C)C. The maximum absolute atomic E-state index is 14.5. The zero-order valence-electron chi connectivity index (χ0n) is 13.3. The predicted molar refractivity (Wildman–Crippen MR) is 85.6 cm³/mol. The van der Waals surface area contributed by atoms with Gasteiger partial charge in [0.15, 0.2) is 0 Å². The summed E-state index contributed by atoms with van der Waals surface area (Å²) in [5.74, 6) is 5.36. The average Bonchev–Trinajstić information content (AvgIpc) is 2.66. The summed E-state index contributed by atoms with van der Waals surface area (Å²) in [6, 6.07) is 7.14. The van der Waals surface area contributed by atoms with Gasteiger partial charge < -0.3 is 14.4 Å². The van der Waals surface area contributed by atoms with E-state index < -0.39 is 24.0 Å². The van der Waals surface area contributed by atoms with Crippen LogP contribution in [0, 0.1) is 11.8 Å². The number of hydrogen-bond acceptors (Lipinski definition) is 3. The first kappa shape index (κ1) is 16.8. The molecule has 0 aromatic heterocycles. The molecule has 116 valence electrons. The van der Waals surface area contributed by atoms with E-state index in [1.165, 1.54) is 6.08 Å². The lowest BCUT2D eigenvalue weighted by atomic mass is 9.86. The Hall–Kier alpha value is -1.61. The van der Waals surface area contributed by atoms with Gasteiger partial charge in [0, 0.05) is 5.56 Å². The van der Waals surface area contributed by atoms with Gasteiger partial charge in [-0.1, -0.05) is 30.0 Å². The van der Waals surface area contributed by atoms with E-state index in [0.717, 1.165) is 0 Å². The van der Waals surface area contributed by atoms with Crippen LogP contribution in [0.15, 0.2) is 30.0 Å². The molecule has 0 radical (unpaired) electrons. The third-order valence-corrected chi connectivity index (χ3v) is 4.03. The summed E-state index contributed by atoms with van der Waals surface area (Å²) in [6.45, 7) is 7.27. The summed E-state index contributed by atoms with van der Waals surface area (Å²) in [4.78, 5) is 0. The fourth-order valence-electron chi connectivity index (χ4n) is 2.04. The lowest BCUT2D eigenvalue weighted by molar-refractivity contribution is 0.00578. The summed E-state index contributed by atoms with van der Waals surface area (Å²) in [7, 11) is -1.02. The molecule has 0 saturated carbocycles. The van der Waals surface area contributed by atoms with E-state index in [4.69, 9.17) is 14.4 Å². The van der Waals surface area contributed by atoms with Crippen molar-refractivity contribution < 1.29 is 18.8 Å². The summed E-state index contributed by atoms with van der Waals surface area (Å²) >= 11 is 0. The van der Waals surface area contributed by atoms with Crippen LogP contribution >= 0.6 is 0 Å². The maximum Gasteiger partial charge on any atom is 0.525 e. The Balaban J connectivity index is 2.28. The topological polar surface area (TPSA) is 38.7 Å². The predicted octanol–water partition coefficient (Wildman–Crippen LogP) is 2.97. The second-order valence-corrected chi connectivity index (χ2v) is 6.16. The van der Waals surface area contributed by atoms with Gasteiger partial charge in [0.25, 0.3) is 0 Å². The first-order chi connectivity index (χ1) is 10.3. The molecular weight excluding hydrogens is 282 g/mol. The number of benzene rings is 1. The third-order valence-electron chi connectivity index (χ3n) is 4.03. The van der Waals surface area contributed by atoms with Crippen LogP contribution in [0.3, 0.4) is 0 Å². The van der Waals surface area contributed by atoms with Crippen molar-refractivity contribution in [3.8, 4) is 11.8 Å². The minimum Gasteiger partial charge on any atom is -0.398 e. The Morgan fingerprint density at radius 1 is 1.23 bits per heavy atom. The molecule has 1 aromatic rings. The van der Waals surface area contributed by atoms with E-state index in [2.05, 4.69) is 11.8 Å². The van der Waals surface area contributed by atoms with Crippen molar-refractivity contribution in [2.24, 2.45) is 0 Å². The van der Waals surface area contributed by atoms with Crippen molar-refractivity contribution in [1.82, 2.24) is 0 Å². The highest BCUT2D eigenvalue weighted by Gasteiger charge is 2.53. The van der Waals surface area contributed by atoms with Crippen molar-refractivity contribution in [3.63, 3.8) is 0 Å². The Morgan fingerprint density at radius 2 is 1.82 bits per heavy atom. The molecule has 2 rings (SSSR count). The van der Waals surface area contributed by atoms with Crippen LogP contribution in [0.25, 0.3) is 6.08 Å². The van der Waals surface area contributed by atoms with Crippen LogP contribution in [-0.2, 0) is 9.31 Å². The van der Waals surface area contributed by atoms with E-state index in [0.29, 0.717) is 11.1 Å². The molecule has 3 nitrogen and oxygen atoms in total. The zero-order valence-corrected chi connectivity index (χ0v) is 13.3. The van der Waals surface area contributed by atoms with Crippen molar-refractivity contribution in [2.45, 2.75) is 38.9 Å². The second-order valence-electron chi connectivity index (χ2n) is 6.16. The van der Waals surface area contributed by atoms with Crippen molar-refractivity contribution in [3.05, 3.63) is 41.1 Å². The van der Waals surface area contributed by atoms with Crippen LogP contribution in [0.5, 0.6) is 0 Å². The molecule has 0 unspecified atom stereocenters. The third kappa shape index (κ3) is 3.41. The van der Waals surface area contributed by atoms with Gasteiger partial charge in [-0.15, -0.1) is 0 Å². The maximum atomic E-state index is 14.5. The molecule has 1 aliphatic rings. The van der Waals surface area contributed by atoms with Gasteiger partial charge in [-0.25, -0.2) is 4.39 Å². The zero-order chi connectivity index (χ0) is 16.4. The van der Waals surface area contributed by atoms with Gasteiger partial charge in [-0.2, -0.15) is 0 Å². The number of halogens is 1. The molecule has 0 spiro atoms. The van der Waals surface area contributed by atoms with E-state index in [-0.39, 0.29) is 6.61 Å². The van der Waals surface area contributed by atoms with Crippen LogP contribution in [0.1, 0.15) is 38.8 Å². The molecule has 22 heavy (non-hydrogen) atoms. The van der Waals surface area contributed by atoms with Gasteiger partial charge in [0.2, 0.25) is 0 Å². The number of rotatable bonds is 2. The van der Waals surface area contributed by atoms with Gasteiger partial charge in [0.05, 0.1) is 11.2 Å². The quantitative estimate of drug-likeness (QED) is 0.674. The molecule has 1 aromatic carbocycles. The molecular formula is C17H20BFO3. The van der Waals surface area contributed by atoms with Gasteiger partial charge in [0.1, 0.15) is 12.3 Å². The highest BCUT2D eigenvalue weighted by molar-refractivity contribution is 6.54. The fraction of sp³-hybridized carbons (Fsp3) is 0.412. The fourth-order valence-corrected chi connectivity index (χ4v) is 2.04. The summed E-state index contributed by atoms with van der Waals surface area (Å²) in [5, 5.41) is 8.79. The first-order valence-corrected chi connectivity index (χ1v) is 7.18. The molecule has 5 heteroatoms. The average molecular weight is 302 g/mol. The van der Waals surface area contributed by atoms with Crippen LogP contribution < -0.4 is 0 Å². The first-order valence-electron chi connectivity index (χ1n) is 7.18. The van der Waals surface area contributed by atoms with Gasteiger partial charge in [-0.3, -0.25) is 0 Å². The van der Waals surface area contributed by atoms with Crippen molar-refractivity contribution in [2.75, 3.05) is 6.61 Å². The Labute approximate surface area is 131 Å². The molecule has 0 atom stereocenters. The van der Waals surface area contributed by atoms with E-state index in [9.17, 15) is 4.39 Å². The summed E-state index contributed by atoms with van der Waals surface area (Å²) < 4.78 is 25.9. The highest BCUT2D eigenvalue weighted by Crippen LogP contribution is 2.39. The smallest absolute Gasteiger partial charge is 0.398 e. The molecule has 1 fully saturated rings. The summed E-state index contributed by atoms with van der Waals surface area (Å²) in [6.07, 6.45) is 1.36. The molecule has 0 aliphatic carbocycles. The minimum absolute atomic E-state index is 0.238. The molecule has 1 aliphatic heterocycles. The van der Waals surface area contributed by atoms with Crippen LogP contribution in [0.2, 0.25) is 0 Å². The summed E-state index contributed by atoms with van der Waals surface area (Å²) in [5.41, 5.74) is -0.409.